The van der Waals surface area contributed by atoms with Gasteiger partial charge in [-0.25, -0.2) is 0 Å². The van der Waals surface area contributed by atoms with Crippen LogP contribution in [0.15, 0.2) is 47.0 Å². The number of nitrogens with two attached hydrogens (primary N) is 1. The second-order valence-corrected chi connectivity index (χ2v) is 7.54. The number of nitrogens with zero attached hydrogens (tertiary/aromatic N) is 5. The van der Waals surface area contributed by atoms with E-state index in [4.69, 9.17) is 5.73 Å². The highest BCUT2D eigenvalue weighted by atomic mass is 32.1. The highest BCUT2D eigenvalue weighted by Crippen LogP contribution is 2.35. The van der Waals surface area contributed by atoms with E-state index >= 15 is 0 Å². The van der Waals surface area contributed by atoms with Gasteiger partial charge in [-0.2, -0.15) is 10.5 Å². The van der Waals surface area contributed by atoms with Gasteiger partial charge in [0.05, 0.1) is 33.7 Å². The number of nitriles is 2. The zero-order valence-corrected chi connectivity index (χ0v) is 16.1. The minimum Gasteiger partial charge on any atom is -0.384 e. The molecule has 1 unspecified atom stereocenters. The van der Waals surface area contributed by atoms with Gasteiger partial charge in [0, 0.05) is 37.9 Å². The van der Waals surface area contributed by atoms with E-state index in [1.54, 1.807) is 6.08 Å². The Morgan fingerprint density at radius 3 is 2.36 bits per heavy atom. The zero-order chi connectivity index (χ0) is 20.0. The topological polar surface area (TPSA) is 105 Å². The molecule has 4 rings (SSSR count). The molecule has 138 valence electrons. The Morgan fingerprint density at radius 1 is 1.11 bits per heavy atom. The third kappa shape index (κ3) is 2.43. The van der Waals surface area contributed by atoms with Crippen LogP contribution in [0.2, 0.25) is 0 Å². The molecule has 0 amide bonds. The fourth-order valence-electron chi connectivity index (χ4n) is 3.48. The van der Waals surface area contributed by atoms with Crippen LogP contribution in [0, 0.1) is 22.7 Å². The van der Waals surface area contributed by atoms with E-state index in [1.807, 2.05) is 59.9 Å². The van der Waals surface area contributed by atoms with Crippen molar-refractivity contribution < 1.29 is 0 Å². The van der Waals surface area contributed by atoms with Crippen molar-refractivity contribution in [2.75, 3.05) is 0 Å². The Balaban J connectivity index is 2.11. The summed E-state index contributed by atoms with van der Waals surface area (Å²) in [6.07, 6.45) is 5.50. The number of thiazole rings is 1. The van der Waals surface area contributed by atoms with Crippen molar-refractivity contribution in [3.63, 3.8) is 0 Å². The first-order valence-corrected chi connectivity index (χ1v) is 9.30. The number of allylic oxidation sites excluding steroid dienone is 1. The van der Waals surface area contributed by atoms with Crippen molar-refractivity contribution in [3.8, 4) is 12.1 Å². The van der Waals surface area contributed by atoms with Gasteiger partial charge in [0.15, 0.2) is 0 Å². The molecule has 2 N–H and O–H groups in total. The predicted molar refractivity (Wildman–Crippen MR) is 107 cm³/mol. The highest BCUT2D eigenvalue weighted by molar-refractivity contribution is 7.07. The molecule has 1 aliphatic heterocycles. The third-order valence-corrected chi connectivity index (χ3v) is 6.04. The van der Waals surface area contributed by atoms with E-state index in [-0.39, 0.29) is 17.0 Å². The average molecular weight is 388 g/mol. The average Bonchev–Trinajstić information content (AvgIpc) is 3.36. The largest absolute Gasteiger partial charge is 0.384 e. The molecule has 0 aromatic carbocycles. The molecule has 1 aliphatic rings. The van der Waals surface area contributed by atoms with Crippen LogP contribution in [0.3, 0.4) is 0 Å². The number of hydrogen-bond donors (Lipinski definition) is 1. The zero-order valence-electron chi connectivity index (χ0n) is 15.2. The molecule has 0 fully saturated rings. The summed E-state index contributed by atoms with van der Waals surface area (Å²) >= 11 is 1.21. The van der Waals surface area contributed by atoms with Gasteiger partial charge in [0.1, 0.15) is 10.5 Å². The summed E-state index contributed by atoms with van der Waals surface area (Å²) < 4.78 is 5.96. The molecule has 8 heteroatoms. The summed E-state index contributed by atoms with van der Waals surface area (Å²) in [4.78, 5) is 13.0. The third-order valence-electron chi connectivity index (χ3n) is 4.93. The standard InChI is InChI=1S/C20H16N6OS/c1-24-7-3-5-12(24)9-16-19(27)26-18(23)13(10-21)17(14(11-22)20(26)28-16)15-6-4-8-25(15)2/h3-9,17H,23H2,1-2H3. The molecule has 0 radical (unpaired) electrons. The van der Waals surface area contributed by atoms with Gasteiger partial charge in [-0.05, 0) is 30.3 Å². The lowest BCUT2D eigenvalue weighted by Crippen LogP contribution is -2.38. The first kappa shape index (κ1) is 17.7. The lowest BCUT2D eigenvalue weighted by atomic mass is 9.88. The normalized spacial score (nSPS) is 16.8. The molecular formula is C20H16N6OS. The van der Waals surface area contributed by atoms with Crippen molar-refractivity contribution in [1.29, 1.82) is 10.5 Å². The minimum absolute atomic E-state index is 0.0791. The Kier molecular flexibility index (Phi) is 4.07. The van der Waals surface area contributed by atoms with E-state index in [1.165, 1.54) is 15.9 Å². The first-order chi connectivity index (χ1) is 13.5. The molecule has 0 saturated heterocycles. The maximum atomic E-state index is 13.0. The summed E-state index contributed by atoms with van der Waals surface area (Å²) in [7, 11) is 3.73. The molecule has 0 spiro atoms. The minimum atomic E-state index is -0.601. The van der Waals surface area contributed by atoms with E-state index in [0.717, 1.165) is 11.4 Å². The molecule has 0 saturated carbocycles. The molecule has 4 heterocycles. The fraction of sp³-hybridized carbons (Fsp3) is 0.150. The summed E-state index contributed by atoms with van der Waals surface area (Å²) in [5.74, 6) is -0.522. The van der Waals surface area contributed by atoms with Crippen LogP contribution in [0.4, 0.5) is 0 Å². The second-order valence-electron chi connectivity index (χ2n) is 6.51. The molecule has 0 bridgehead atoms. The predicted octanol–water partition coefficient (Wildman–Crippen LogP) is 0.538. The second kappa shape index (κ2) is 6.45. The van der Waals surface area contributed by atoms with Crippen LogP contribution in [0.1, 0.15) is 17.3 Å². The van der Waals surface area contributed by atoms with Crippen molar-refractivity contribution in [2.24, 2.45) is 19.8 Å². The Morgan fingerprint density at radius 2 is 1.79 bits per heavy atom. The maximum absolute atomic E-state index is 13.0. The highest BCUT2D eigenvalue weighted by Gasteiger charge is 2.33. The van der Waals surface area contributed by atoms with Gasteiger partial charge in [-0.3, -0.25) is 9.36 Å². The Labute approximate surface area is 164 Å². The molecule has 7 nitrogen and oxygen atoms in total. The van der Waals surface area contributed by atoms with Crippen LogP contribution in [0.5, 0.6) is 0 Å². The van der Waals surface area contributed by atoms with Crippen LogP contribution < -0.4 is 20.5 Å². The maximum Gasteiger partial charge on any atom is 0.274 e. The van der Waals surface area contributed by atoms with Crippen molar-refractivity contribution >= 4 is 28.8 Å². The van der Waals surface area contributed by atoms with Gasteiger partial charge in [-0.1, -0.05) is 0 Å². The molecule has 3 aromatic heterocycles. The molecule has 28 heavy (non-hydrogen) atoms. The van der Waals surface area contributed by atoms with Crippen molar-refractivity contribution in [1.82, 2.24) is 13.7 Å². The Hall–Kier alpha value is -3.75. The number of aryl methyl sites for hydroxylation is 2. The fourth-order valence-corrected chi connectivity index (χ4v) is 4.59. The summed E-state index contributed by atoms with van der Waals surface area (Å²) in [6, 6.07) is 11.8. The van der Waals surface area contributed by atoms with Gasteiger partial charge in [0.25, 0.3) is 5.56 Å². The van der Waals surface area contributed by atoms with Gasteiger partial charge in [-0.15, -0.1) is 11.3 Å². The number of fused-ring (bicyclic) bond motifs is 1. The molecular weight excluding hydrogens is 372 g/mol. The SMILES string of the molecule is Cn1cccc1C=c1sc2n(c1=O)C(N)=C(C#N)C(c1cccn1C)C=2C#N. The summed E-state index contributed by atoms with van der Waals surface area (Å²) in [5.41, 5.74) is 8.11. The van der Waals surface area contributed by atoms with Crippen molar-refractivity contribution in [3.05, 3.63) is 73.2 Å². The van der Waals surface area contributed by atoms with Crippen LogP contribution in [-0.4, -0.2) is 13.7 Å². The van der Waals surface area contributed by atoms with E-state index in [2.05, 4.69) is 12.1 Å². The lowest BCUT2D eigenvalue weighted by molar-refractivity contribution is 0.799. The van der Waals surface area contributed by atoms with E-state index in [9.17, 15) is 15.3 Å². The number of hydrogen-bond acceptors (Lipinski definition) is 5. The lowest BCUT2D eigenvalue weighted by Gasteiger charge is -2.22. The first-order valence-electron chi connectivity index (χ1n) is 8.48. The molecule has 3 aromatic rings. The smallest absolute Gasteiger partial charge is 0.274 e. The monoisotopic (exact) mass is 388 g/mol. The van der Waals surface area contributed by atoms with Crippen molar-refractivity contribution in [2.45, 2.75) is 5.92 Å². The van der Waals surface area contributed by atoms with E-state index < -0.39 is 5.92 Å². The summed E-state index contributed by atoms with van der Waals surface area (Å²) in [5, 5.41) is 19.7. The quantitative estimate of drug-likeness (QED) is 0.691. The van der Waals surface area contributed by atoms with Gasteiger partial charge >= 0.3 is 0 Å². The summed E-state index contributed by atoms with van der Waals surface area (Å²) in [6.45, 7) is 0. The number of aromatic nitrogens is 3. The van der Waals surface area contributed by atoms with Crippen LogP contribution in [0.25, 0.3) is 17.5 Å². The van der Waals surface area contributed by atoms with Gasteiger partial charge < -0.3 is 14.9 Å². The molecule has 1 atom stereocenters. The Bertz CT molecular complexity index is 1400. The van der Waals surface area contributed by atoms with Gasteiger partial charge in [0.2, 0.25) is 0 Å². The number of rotatable bonds is 2. The van der Waals surface area contributed by atoms with E-state index in [0.29, 0.717) is 14.8 Å². The molecule has 0 aliphatic carbocycles. The van der Waals surface area contributed by atoms with Crippen LogP contribution >= 0.6 is 11.3 Å². The van der Waals surface area contributed by atoms with Crippen LogP contribution in [-0.2, 0) is 14.1 Å².